The van der Waals surface area contributed by atoms with Crippen LogP contribution in [0.15, 0.2) is 35.2 Å². The first-order chi connectivity index (χ1) is 9.35. The summed E-state index contributed by atoms with van der Waals surface area (Å²) in [5.74, 6) is -2.29. The summed E-state index contributed by atoms with van der Waals surface area (Å²) in [7, 11) is -4.32. The van der Waals surface area contributed by atoms with Gasteiger partial charge in [0.1, 0.15) is 16.8 Å². The fourth-order valence-electron chi connectivity index (χ4n) is 1.98. The first-order valence-electron chi connectivity index (χ1n) is 5.69. The number of carboxylic acid groups (broad SMARTS) is 1. The molecule has 0 fully saturated rings. The van der Waals surface area contributed by atoms with Crippen LogP contribution in [0, 0.1) is 5.82 Å². The minimum atomic E-state index is -4.32. The largest absolute Gasteiger partial charge is 0.480 e. The Morgan fingerprint density at radius 2 is 2.10 bits per heavy atom. The van der Waals surface area contributed by atoms with Crippen molar-refractivity contribution in [2.75, 3.05) is 6.54 Å². The van der Waals surface area contributed by atoms with Crippen molar-refractivity contribution in [3.8, 4) is 0 Å². The van der Waals surface area contributed by atoms with Crippen molar-refractivity contribution in [3.63, 3.8) is 0 Å². The van der Waals surface area contributed by atoms with Crippen LogP contribution in [0.2, 0.25) is 5.02 Å². The molecule has 108 valence electrons. The monoisotopic (exact) mass is 319 g/mol. The van der Waals surface area contributed by atoms with Crippen LogP contribution < -0.4 is 0 Å². The van der Waals surface area contributed by atoms with E-state index < -0.39 is 32.7 Å². The van der Waals surface area contributed by atoms with Gasteiger partial charge >= 0.3 is 5.97 Å². The number of hydrogen-bond donors (Lipinski definition) is 1. The second kappa shape index (κ2) is 5.51. The maximum absolute atomic E-state index is 13.8. The standard InChI is InChI=1S/C12H11ClFNO4S/c13-8-4-3-5-9(14)11(8)20(18,19)15-7-2-1-6-10(15)12(16)17/h1-5,10H,6-7H2,(H,16,17). The molecule has 1 atom stereocenters. The predicted octanol–water partition coefficient (Wildman–Crippen LogP) is 1.88. The maximum atomic E-state index is 13.8. The lowest BCUT2D eigenvalue weighted by molar-refractivity contribution is -0.141. The smallest absolute Gasteiger partial charge is 0.322 e. The van der Waals surface area contributed by atoms with Crippen LogP contribution >= 0.6 is 11.6 Å². The van der Waals surface area contributed by atoms with E-state index >= 15 is 0 Å². The van der Waals surface area contributed by atoms with E-state index in [0.717, 1.165) is 10.4 Å². The van der Waals surface area contributed by atoms with Gasteiger partial charge in [-0.1, -0.05) is 29.8 Å². The van der Waals surface area contributed by atoms with Crippen LogP contribution in [0.1, 0.15) is 6.42 Å². The van der Waals surface area contributed by atoms with E-state index in [1.54, 1.807) is 6.08 Å². The molecule has 1 N–H and O–H groups in total. The molecule has 0 spiro atoms. The number of aliphatic carboxylic acids is 1. The van der Waals surface area contributed by atoms with Gasteiger partial charge in [0.05, 0.1) is 5.02 Å². The zero-order chi connectivity index (χ0) is 14.9. The van der Waals surface area contributed by atoms with Crippen molar-refractivity contribution in [1.29, 1.82) is 0 Å². The summed E-state index contributed by atoms with van der Waals surface area (Å²) in [6.07, 6.45) is 3.13. The van der Waals surface area contributed by atoms with Crippen LogP contribution in [0.25, 0.3) is 0 Å². The number of carboxylic acids is 1. The van der Waals surface area contributed by atoms with Crippen LogP contribution in [0.5, 0.6) is 0 Å². The Labute approximate surface area is 120 Å². The molecule has 5 nitrogen and oxygen atoms in total. The molecule has 1 heterocycles. The molecule has 0 saturated carbocycles. The summed E-state index contributed by atoms with van der Waals surface area (Å²) in [5, 5.41) is 8.82. The van der Waals surface area contributed by atoms with E-state index in [2.05, 4.69) is 0 Å². The molecule has 1 unspecified atom stereocenters. The van der Waals surface area contributed by atoms with Crippen molar-refractivity contribution >= 4 is 27.6 Å². The molecular weight excluding hydrogens is 309 g/mol. The van der Waals surface area contributed by atoms with E-state index in [4.69, 9.17) is 16.7 Å². The lowest BCUT2D eigenvalue weighted by Crippen LogP contribution is -2.46. The number of benzene rings is 1. The van der Waals surface area contributed by atoms with Crippen molar-refractivity contribution in [2.24, 2.45) is 0 Å². The summed E-state index contributed by atoms with van der Waals surface area (Å²) in [5.41, 5.74) is 0. The Balaban J connectivity index is 2.54. The molecule has 8 heteroatoms. The van der Waals surface area contributed by atoms with E-state index in [1.807, 2.05) is 0 Å². The molecule has 0 bridgehead atoms. The molecule has 1 aromatic carbocycles. The van der Waals surface area contributed by atoms with Crippen LogP contribution in [-0.2, 0) is 14.8 Å². The Hall–Kier alpha value is -1.44. The lowest BCUT2D eigenvalue weighted by atomic mass is 10.1. The average molecular weight is 320 g/mol. The van der Waals surface area contributed by atoms with Crippen LogP contribution in [-0.4, -0.2) is 36.4 Å². The highest BCUT2D eigenvalue weighted by Gasteiger charge is 2.38. The third-order valence-corrected chi connectivity index (χ3v) is 5.31. The zero-order valence-electron chi connectivity index (χ0n) is 10.2. The van der Waals surface area contributed by atoms with Gasteiger partial charge in [-0.2, -0.15) is 4.31 Å². The number of nitrogens with zero attached hydrogens (tertiary/aromatic N) is 1. The van der Waals surface area contributed by atoms with Gasteiger partial charge < -0.3 is 5.11 Å². The highest BCUT2D eigenvalue weighted by atomic mass is 35.5. The molecule has 1 aliphatic rings. The number of sulfonamides is 1. The minimum Gasteiger partial charge on any atom is -0.480 e. The minimum absolute atomic E-state index is 0.0284. The van der Waals surface area contributed by atoms with Crippen molar-refractivity contribution in [1.82, 2.24) is 4.31 Å². The van der Waals surface area contributed by atoms with Crippen LogP contribution in [0.4, 0.5) is 4.39 Å². The summed E-state index contributed by atoms with van der Waals surface area (Å²) in [6, 6.07) is 2.23. The average Bonchev–Trinajstić information content (AvgIpc) is 2.38. The maximum Gasteiger partial charge on any atom is 0.322 e. The molecule has 1 aromatic rings. The van der Waals surface area contributed by atoms with E-state index in [9.17, 15) is 17.6 Å². The zero-order valence-corrected chi connectivity index (χ0v) is 11.7. The Kier molecular flexibility index (Phi) is 4.12. The highest BCUT2D eigenvalue weighted by molar-refractivity contribution is 7.89. The molecule has 0 saturated heterocycles. The van der Waals surface area contributed by atoms with Gasteiger partial charge in [0.2, 0.25) is 10.0 Å². The second-order valence-corrected chi connectivity index (χ2v) is 6.42. The third kappa shape index (κ3) is 2.56. The molecule has 0 radical (unpaired) electrons. The Bertz CT molecular complexity index is 654. The van der Waals surface area contributed by atoms with Gasteiger partial charge in [0.25, 0.3) is 0 Å². The summed E-state index contributed by atoms with van der Waals surface area (Å²) in [4.78, 5) is 10.5. The lowest BCUT2D eigenvalue weighted by Gasteiger charge is -2.29. The highest BCUT2D eigenvalue weighted by Crippen LogP contribution is 2.30. The summed E-state index contributed by atoms with van der Waals surface area (Å²) >= 11 is 5.75. The second-order valence-electron chi connectivity index (χ2n) is 4.19. The molecule has 20 heavy (non-hydrogen) atoms. The van der Waals surface area contributed by atoms with Crippen molar-refractivity contribution in [3.05, 3.63) is 41.2 Å². The van der Waals surface area contributed by atoms with E-state index in [0.29, 0.717) is 0 Å². The van der Waals surface area contributed by atoms with Gasteiger partial charge in [-0.3, -0.25) is 4.79 Å². The van der Waals surface area contributed by atoms with Gasteiger partial charge in [-0.05, 0) is 18.6 Å². The number of carbonyl (C=O) groups is 1. The van der Waals surface area contributed by atoms with Crippen molar-refractivity contribution in [2.45, 2.75) is 17.4 Å². The topological polar surface area (TPSA) is 74.7 Å². The summed E-state index contributed by atoms with van der Waals surface area (Å²) < 4.78 is 39.4. The molecule has 1 aliphatic heterocycles. The number of halogens is 2. The van der Waals surface area contributed by atoms with Gasteiger partial charge in [-0.15, -0.1) is 0 Å². The van der Waals surface area contributed by atoms with Crippen molar-refractivity contribution < 1.29 is 22.7 Å². The summed E-state index contributed by atoms with van der Waals surface area (Å²) in [6.45, 7) is -0.135. The molecular formula is C12H11ClFNO4S. The quantitative estimate of drug-likeness (QED) is 0.863. The Morgan fingerprint density at radius 1 is 1.40 bits per heavy atom. The normalized spacial score (nSPS) is 20.0. The van der Waals surface area contributed by atoms with E-state index in [1.165, 1.54) is 18.2 Å². The first kappa shape index (κ1) is 15.0. The number of rotatable bonds is 3. The van der Waals surface area contributed by atoms with E-state index in [-0.39, 0.29) is 18.0 Å². The first-order valence-corrected chi connectivity index (χ1v) is 7.51. The fraction of sp³-hybridized carbons (Fsp3) is 0.250. The molecule has 0 aliphatic carbocycles. The van der Waals surface area contributed by atoms with Gasteiger partial charge in [0, 0.05) is 6.54 Å². The Morgan fingerprint density at radius 3 is 2.70 bits per heavy atom. The van der Waals surface area contributed by atoms with Gasteiger partial charge in [0.15, 0.2) is 0 Å². The fourth-order valence-corrected chi connectivity index (χ4v) is 4.10. The number of hydrogen-bond acceptors (Lipinski definition) is 3. The van der Waals surface area contributed by atoms with Crippen LogP contribution in [0.3, 0.4) is 0 Å². The SMILES string of the molecule is O=C(O)C1CC=CCN1S(=O)(=O)c1c(F)cccc1Cl. The van der Waals surface area contributed by atoms with Gasteiger partial charge in [-0.25, -0.2) is 12.8 Å². The molecule has 2 rings (SSSR count). The molecule has 0 aromatic heterocycles. The third-order valence-electron chi connectivity index (χ3n) is 2.93. The predicted molar refractivity (Wildman–Crippen MR) is 70.5 cm³/mol. The molecule has 0 amide bonds.